The highest BCUT2D eigenvalue weighted by atomic mass is 32.2. The zero-order valence-corrected chi connectivity index (χ0v) is 15.7. The smallest absolute Gasteiger partial charge is 0.260 e. The second-order valence-electron chi connectivity index (χ2n) is 6.40. The van der Waals surface area contributed by atoms with Crippen LogP contribution in [0.15, 0.2) is 9.95 Å². The number of hydrogen-bond donors (Lipinski definition) is 2. The van der Waals surface area contributed by atoms with E-state index < -0.39 is 0 Å². The zero-order valence-electron chi connectivity index (χ0n) is 14.1. The molecule has 0 saturated carbocycles. The second kappa shape index (κ2) is 7.70. The Kier molecular flexibility index (Phi) is 5.61. The van der Waals surface area contributed by atoms with Gasteiger partial charge in [-0.25, -0.2) is 4.98 Å². The number of nitrogens with zero attached hydrogens (tertiary/aromatic N) is 1. The van der Waals surface area contributed by atoms with Crippen molar-refractivity contribution < 1.29 is 4.79 Å². The van der Waals surface area contributed by atoms with Crippen LogP contribution >= 0.6 is 23.1 Å². The van der Waals surface area contributed by atoms with E-state index in [1.54, 1.807) is 11.3 Å². The largest absolute Gasteiger partial charge is 0.355 e. The highest BCUT2D eigenvalue weighted by molar-refractivity contribution is 7.99. The van der Waals surface area contributed by atoms with Crippen molar-refractivity contribution in [3.8, 4) is 0 Å². The monoisotopic (exact) mass is 365 g/mol. The molecule has 0 fully saturated rings. The van der Waals surface area contributed by atoms with Gasteiger partial charge in [0.25, 0.3) is 5.56 Å². The number of fused-ring (bicyclic) bond motifs is 3. The summed E-state index contributed by atoms with van der Waals surface area (Å²) in [5, 5.41) is 4.17. The van der Waals surface area contributed by atoms with E-state index in [9.17, 15) is 9.59 Å². The van der Waals surface area contributed by atoms with Crippen LogP contribution in [-0.4, -0.2) is 28.2 Å². The Morgan fingerprint density at radius 2 is 2.33 bits per heavy atom. The molecule has 1 atom stereocenters. The number of amides is 1. The first-order valence-corrected chi connectivity index (χ1v) is 10.3. The quantitative estimate of drug-likeness (QED) is 0.468. The average Bonchev–Trinajstić information content (AvgIpc) is 2.90. The number of carbonyl (C=O) groups is 1. The average molecular weight is 366 g/mol. The number of unbranched alkanes of at least 4 members (excludes halogenated alkanes) is 1. The van der Waals surface area contributed by atoms with Crippen molar-refractivity contribution in [1.82, 2.24) is 15.3 Å². The molecule has 0 aliphatic heterocycles. The maximum absolute atomic E-state index is 12.5. The van der Waals surface area contributed by atoms with Gasteiger partial charge in [-0.15, -0.1) is 11.3 Å². The second-order valence-corrected chi connectivity index (χ2v) is 8.44. The molecule has 7 heteroatoms. The van der Waals surface area contributed by atoms with E-state index in [1.165, 1.54) is 22.2 Å². The van der Waals surface area contributed by atoms with Crippen LogP contribution < -0.4 is 10.9 Å². The molecule has 0 radical (unpaired) electrons. The number of nitrogens with one attached hydrogen (secondary N) is 2. The predicted octanol–water partition coefficient (Wildman–Crippen LogP) is 3.12. The van der Waals surface area contributed by atoms with Gasteiger partial charge < -0.3 is 10.3 Å². The molecular formula is C17H23N3O2S2. The highest BCUT2D eigenvalue weighted by Crippen LogP contribution is 2.36. The number of aryl methyl sites for hydroxylation is 1. The first-order valence-electron chi connectivity index (χ1n) is 8.52. The lowest BCUT2D eigenvalue weighted by molar-refractivity contribution is -0.118. The third-order valence-corrected chi connectivity index (χ3v) is 6.36. The topological polar surface area (TPSA) is 74.8 Å². The molecule has 2 aromatic heterocycles. The molecule has 0 bridgehead atoms. The van der Waals surface area contributed by atoms with Crippen molar-refractivity contribution in [3.63, 3.8) is 0 Å². The Balaban J connectivity index is 1.74. The van der Waals surface area contributed by atoms with E-state index in [0.717, 1.165) is 42.3 Å². The first kappa shape index (κ1) is 17.5. The third-order valence-electron chi connectivity index (χ3n) is 4.34. The standard InChI is InChI=1S/C17H23N3O2S2/c1-3-4-7-18-13(21)9-23-17-19-15(22)14-11-6-5-10(2)8-12(11)24-16(14)20-17/h10H,3-9H2,1-2H3,(H,18,21)(H,19,20,22). The number of thioether (sulfide) groups is 1. The molecule has 5 nitrogen and oxygen atoms in total. The minimum absolute atomic E-state index is 0.0181. The van der Waals surface area contributed by atoms with Gasteiger partial charge in [-0.05, 0) is 37.2 Å². The van der Waals surface area contributed by atoms with Crippen molar-refractivity contribution in [3.05, 3.63) is 20.8 Å². The molecule has 0 spiro atoms. The zero-order chi connectivity index (χ0) is 17.1. The van der Waals surface area contributed by atoms with Crippen LogP contribution in [0.1, 0.15) is 43.6 Å². The van der Waals surface area contributed by atoms with Crippen molar-refractivity contribution in [2.75, 3.05) is 12.3 Å². The summed E-state index contributed by atoms with van der Waals surface area (Å²) in [6, 6.07) is 0. The Labute approximate surface area is 149 Å². The Hall–Kier alpha value is -1.34. The van der Waals surface area contributed by atoms with E-state index in [-0.39, 0.29) is 17.2 Å². The molecular weight excluding hydrogens is 342 g/mol. The summed E-state index contributed by atoms with van der Waals surface area (Å²) in [5.41, 5.74) is 1.12. The van der Waals surface area contributed by atoms with E-state index in [4.69, 9.17) is 0 Å². The molecule has 2 heterocycles. The number of hydrogen-bond acceptors (Lipinski definition) is 5. The van der Waals surface area contributed by atoms with Crippen LogP contribution in [0.4, 0.5) is 0 Å². The van der Waals surface area contributed by atoms with Gasteiger partial charge in [-0.3, -0.25) is 9.59 Å². The van der Waals surface area contributed by atoms with Crippen LogP contribution in [0.5, 0.6) is 0 Å². The minimum atomic E-state index is -0.0686. The summed E-state index contributed by atoms with van der Waals surface area (Å²) in [7, 11) is 0. The van der Waals surface area contributed by atoms with Crippen LogP contribution in [0.2, 0.25) is 0 Å². The molecule has 2 N–H and O–H groups in total. The highest BCUT2D eigenvalue weighted by Gasteiger charge is 2.23. The lowest BCUT2D eigenvalue weighted by Crippen LogP contribution is -2.26. The summed E-state index contributed by atoms with van der Waals surface area (Å²) in [4.78, 5) is 33.8. The summed E-state index contributed by atoms with van der Waals surface area (Å²) in [6.45, 7) is 5.05. The molecule has 1 amide bonds. The van der Waals surface area contributed by atoms with Crippen molar-refractivity contribution in [2.45, 2.75) is 51.1 Å². The van der Waals surface area contributed by atoms with Crippen LogP contribution in [0.3, 0.4) is 0 Å². The van der Waals surface area contributed by atoms with E-state index in [1.807, 2.05) is 0 Å². The van der Waals surface area contributed by atoms with Gasteiger partial charge in [0.2, 0.25) is 5.91 Å². The summed E-state index contributed by atoms with van der Waals surface area (Å²) in [6.07, 6.45) is 5.18. The molecule has 0 aromatic carbocycles. The Morgan fingerprint density at radius 3 is 3.12 bits per heavy atom. The van der Waals surface area contributed by atoms with Crippen LogP contribution in [-0.2, 0) is 17.6 Å². The fraction of sp³-hybridized carbons (Fsp3) is 0.588. The summed E-state index contributed by atoms with van der Waals surface area (Å²) < 4.78 is 0. The molecule has 1 aliphatic rings. The van der Waals surface area contributed by atoms with Crippen molar-refractivity contribution in [2.24, 2.45) is 5.92 Å². The number of aromatic amines is 1. The van der Waals surface area contributed by atoms with Gasteiger partial charge in [-0.1, -0.05) is 32.0 Å². The Morgan fingerprint density at radius 1 is 1.50 bits per heavy atom. The minimum Gasteiger partial charge on any atom is -0.355 e. The maximum atomic E-state index is 12.5. The molecule has 1 unspecified atom stereocenters. The van der Waals surface area contributed by atoms with Crippen molar-refractivity contribution >= 4 is 39.2 Å². The molecule has 2 aromatic rings. The van der Waals surface area contributed by atoms with Gasteiger partial charge in [0, 0.05) is 11.4 Å². The lowest BCUT2D eigenvalue weighted by atomic mass is 9.89. The van der Waals surface area contributed by atoms with Crippen LogP contribution in [0, 0.1) is 5.92 Å². The number of carbonyl (C=O) groups excluding carboxylic acids is 1. The maximum Gasteiger partial charge on any atom is 0.260 e. The van der Waals surface area contributed by atoms with E-state index in [2.05, 4.69) is 29.1 Å². The van der Waals surface area contributed by atoms with Gasteiger partial charge in [0.05, 0.1) is 11.1 Å². The van der Waals surface area contributed by atoms with Gasteiger partial charge in [0.15, 0.2) is 5.16 Å². The van der Waals surface area contributed by atoms with Gasteiger partial charge in [-0.2, -0.15) is 0 Å². The van der Waals surface area contributed by atoms with Crippen LogP contribution in [0.25, 0.3) is 10.2 Å². The van der Waals surface area contributed by atoms with Gasteiger partial charge >= 0.3 is 0 Å². The summed E-state index contributed by atoms with van der Waals surface area (Å²) >= 11 is 2.93. The molecule has 3 rings (SSSR count). The normalized spacial score (nSPS) is 17.0. The van der Waals surface area contributed by atoms with Crippen molar-refractivity contribution in [1.29, 1.82) is 0 Å². The number of rotatable bonds is 6. The lowest BCUT2D eigenvalue weighted by Gasteiger charge is -2.17. The predicted molar refractivity (Wildman–Crippen MR) is 100 cm³/mol. The first-order chi connectivity index (χ1) is 11.6. The number of H-pyrrole nitrogens is 1. The molecule has 0 saturated heterocycles. The van der Waals surface area contributed by atoms with E-state index >= 15 is 0 Å². The molecule has 130 valence electrons. The Bertz CT molecular complexity index is 797. The fourth-order valence-corrected chi connectivity index (χ4v) is 5.12. The summed E-state index contributed by atoms with van der Waals surface area (Å²) in [5.74, 6) is 0.932. The SMILES string of the molecule is CCCCNC(=O)CSc1nc2sc3c(c2c(=O)[nH]1)CCC(C)C3. The van der Waals surface area contributed by atoms with E-state index in [0.29, 0.717) is 17.6 Å². The molecule has 24 heavy (non-hydrogen) atoms. The van der Waals surface area contributed by atoms with Gasteiger partial charge in [0.1, 0.15) is 4.83 Å². The third kappa shape index (κ3) is 3.83. The number of thiophene rings is 1. The fourth-order valence-electron chi connectivity index (χ4n) is 2.99. The molecule has 1 aliphatic carbocycles. The number of aromatic nitrogens is 2.